The Morgan fingerprint density at radius 3 is 1.72 bits per heavy atom. The van der Waals surface area contributed by atoms with Crippen molar-refractivity contribution in [3.63, 3.8) is 0 Å². The Balaban J connectivity index is 0.00000228. The summed E-state index contributed by atoms with van der Waals surface area (Å²) in [7, 11) is 0. The van der Waals surface area contributed by atoms with Crippen LogP contribution in [0.3, 0.4) is 0 Å². The molecule has 0 spiro atoms. The van der Waals surface area contributed by atoms with E-state index in [2.05, 4.69) is 103 Å². The lowest BCUT2D eigenvalue weighted by Gasteiger charge is -2.40. The Bertz CT molecular complexity index is 963. The zero-order chi connectivity index (χ0) is 24.0. The van der Waals surface area contributed by atoms with Gasteiger partial charge in [0.2, 0.25) is 0 Å². The van der Waals surface area contributed by atoms with Gasteiger partial charge < -0.3 is 9.84 Å². The first-order valence-electron chi connectivity index (χ1n) is 12.4. The van der Waals surface area contributed by atoms with Gasteiger partial charge in [-0.15, -0.1) is 24.8 Å². The van der Waals surface area contributed by atoms with Gasteiger partial charge in [-0.3, -0.25) is 9.80 Å². The first kappa shape index (κ1) is 30.1. The van der Waals surface area contributed by atoms with E-state index in [1.165, 1.54) is 16.7 Å². The van der Waals surface area contributed by atoms with Crippen LogP contribution in [0.1, 0.15) is 43.5 Å². The highest BCUT2D eigenvalue weighted by Crippen LogP contribution is 2.29. The molecule has 3 aromatic carbocycles. The minimum Gasteiger partial charge on any atom is -0.491 e. The SMILES string of the molecule is CC(C)(C)c1ccc(OCC(O)CN2CCN(C(c3ccccc3)c3ccccc3)CC2)cc1.Cl.Cl. The number of aliphatic hydroxyl groups is 1. The first-order valence-corrected chi connectivity index (χ1v) is 12.4. The van der Waals surface area contributed by atoms with Gasteiger partial charge in [0.1, 0.15) is 18.5 Å². The van der Waals surface area contributed by atoms with Crippen molar-refractivity contribution in [2.75, 3.05) is 39.3 Å². The predicted octanol–water partition coefficient (Wildman–Crippen LogP) is 5.97. The van der Waals surface area contributed by atoms with E-state index in [1.54, 1.807) is 0 Å². The highest BCUT2D eigenvalue weighted by atomic mass is 35.5. The van der Waals surface area contributed by atoms with E-state index >= 15 is 0 Å². The number of nitrogens with zero attached hydrogens (tertiary/aromatic N) is 2. The van der Waals surface area contributed by atoms with E-state index < -0.39 is 6.10 Å². The Morgan fingerprint density at radius 2 is 1.25 bits per heavy atom. The molecule has 1 heterocycles. The van der Waals surface area contributed by atoms with Crippen molar-refractivity contribution >= 4 is 24.8 Å². The van der Waals surface area contributed by atoms with Crippen LogP contribution in [0.15, 0.2) is 84.9 Å². The number of rotatable bonds is 8. The summed E-state index contributed by atoms with van der Waals surface area (Å²) in [5.41, 5.74) is 4.06. The Labute approximate surface area is 229 Å². The number of halogens is 2. The number of β-amino-alcohol motifs (C(OH)–C–C–N with tert-alkyl or cyclic N) is 1. The summed E-state index contributed by atoms with van der Waals surface area (Å²) in [6.07, 6.45) is -0.507. The van der Waals surface area contributed by atoms with Crippen LogP contribution in [-0.4, -0.2) is 60.3 Å². The molecule has 0 bridgehead atoms. The van der Waals surface area contributed by atoms with Gasteiger partial charge in [0.15, 0.2) is 0 Å². The van der Waals surface area contributed by atoms with Crippen molar-refractivity contribution in [2.24, 2.45) is 0 Å². The maximum Gasteiger partial charge on any atom is 0.119 e. The first-order chi connectivity index (χ1) is 16.4. The molecular weight excluding hydrogens is 491 g/mol. The number of hydrogen-bond acceptors (Lipinski definition) is 4. The van der Waals surface area contributed by atoms with E-state index in [1.807, 2.05) is 12.1 Å². The van der Waals surface area contributed by atoms with Crippen LogP contribution in [0, 0.1) is 0 Å². The molecule has 1 saturated heterocycles. The molecule has 1 fully saturated rings. The molecule has 3 aromatic rings. The van der Waals surface area contributed by atoms with Crippen LogP contribution in [0.5, 0.6) is 5.75 Å². The quantitative estimate of drug-likeness (QED) is 0.388. The second kappa shape index (κ2) is 14.0. The maximum absolute atomic E-state index is 10.6. The van der Waals surface area contributed by atoms with Gasteiger partial charge in [0.05, 0.1) is 6.04 Å². The van der Waals surface area contributed by atoms with Crippen molar-refractivity contribution in [3.05, 3.63) is 102 Å². The molecule has 0 amide bonds. The van der Waals surface area contributed by atoms with Crippen LogP contribution >= 0.6 is 24.8 Å². The minimum absolute atomic E-state index is 0. The normalized spacial score (nSPS) is 15.6. The molecule has 1 atom stereocenters. The highest BCUT2D eigenvalue weighted by Gasteiger charge is 2.27. The number of hydrogen-bond donors (Lipinski definition) is 1. The third-order valence-electron chi connectivity index (χ3n) is 6.63. The fourth-order valence-corrected chi connectivity index (χ4v) is 4.68. The average Bonchev–Trinajstić information content (AvgIpc) is 2.85. The molecule has 6 heteroatoms. The van der Waals surface area contributed by atoms with Gasteiger partial charge in [-0.2, -0.15) is 0 Å². The monoisotopic (exact) mass is 530 g/mol. The second-order valence-electron chi connectivity index (χ2n) is 10.3. The number of aliphatic hydroxyl groups excluding tert-OH is 1. The molecule has 0 aromatic heterocycles. The van der Waals surface area contributed by atoms with Gasteiger partial charge in [-0.05, 0) is 34.2 Å². The van der Waals surface area contributed by atoms with Gasteiger partial charge in [0, 0.05) is 32.7 Å². The zero-order valence-corrected chi connectivity index (χ0v) is 23.2. The maximum atomic E-state index is 10.6. The Kier molecular flexibility index (Phi) is 11.7. The molecule has 0 aliphatic carbocycles. The molecule has 0 radical (unpaired) electrons. The molecule has 4 nitrogen and oxygen atoms in total. The summed E-state index contributed by atoms with van der Waals surface area (Å²) in [5, 5.41) is 10.6. The summed E-state index contributed by atoms with van der Waals surface area (Å²) < 4.78 is 5.86. The van der Waals surface area contributed by atoms with E-state index in [4.69, 9.17) is 4.74 Å². The van der Waals surface area contributed by atoms with Gasteiger partial charge in [0.25, 0.3) is 0 Å². The topological polar surface area (TPSA) is 35.9 Å². The lowest BCUT2D eigenvalue weighted by Crippen LogP contribution is -2.50. The Morgan fingerprint density at radius 1 is 0.750 bits per heavy atom. The van der Waals surface area contributed by atoms with Crippen molar-refractivity contribution in [3.8, 4) is 5.75 Å². The van der Waals surface area contributed by atoms with Crippen LogP contribution < -0.4 is 4.74 Å². The lowest BCUT2D eigenvalue weighted by atomic mass is 9.87. The van der Waals surface area contributed by atoms with E-state index in [0.717, 1.165) is 31.9 Å². The molecule has 1 unspecified atom stereocenters. The van der Waals surface area contributed by atoms with Gasteiger partial charge in [-0.1, -0.05) is 93.6 Å². The standard InChI is InChI=1S/C30H38N2O2.2ClH/c1-30(2,3)26-14-16-28(17-15-26)34-23-27(33)22-31-18-20-32(21-19-31)29(24-10-6-4-7-11-24)25-12-8-5-9-13-25;;/h4-17,27,29,33H,18-23H2,1-3H3;2*1H. The third kappa shape index (κ3) is 8.22. The summed E-state index contributed by atoms with van der Waals surface area (Å²) >= 11 is 0. The second-order valence-corrected chi connectivity index (χ2v) is 10.3. The van der Waals surface area contributed by atoms with Crippen LogP contribution in [0.4, 0.5) is 0 Å². The van der Waals surface area contributed by atoms with Gasteiger partial charge in [-0.25, -0.2) is 0 Å². The fourth-order valence-electron chi connectivity index (χ4n) is 4.68. The minimum atomic E-state index is -0.507. The van der Waals surface area contributed by atoms with Crippen LogP contribution in [0.2, 0.25) is 0 Å². The zero-order valence-electron chi connectivity index (χ0n) is 21.5. The molecule has 196 valence electrons. The molecule has 4 rings (SSSR count). The highest BCUT2D eigenvalue weighted by molar-refractivity contribution is 5.85. The largest absolute Gasteiger partial charge is 0.491 e. The van der Waals surface area contributed by atoms with Crippen LogP contribution in [0.25, 0.3) is 0 Å². The number of benzene rings is 3. The molecular formula is C30H40Cl2N2O2. The van der Waals surface area contributed by atoms with Crippen molar-refractivity contribution in [1.29, 1.82) is 0 Å². The Hall–Kier alpha value is -2.08. The van der Waals surface area contributed by atoms with E-state index in [-0.39, 0.29) is 36.3 Å². The summed E-state index contributed by atoms with van der Waals surface area (Å²) in [4.78, 5) is 4.90. The fraction of sp³-hybridized carbons (Fsp3) is 0.400. The van der Waals surface area contributed by atoms with E-state index in [9.17, 15) is 5.11 Å². The predicted molar refractivity (Wildman–Crippen MR) is 154 cm³/mol. The lowest BCUT2D eigenvalue weighted by molar-refractivity contribution is 0.0401. The average molecular weight is 532 g/mol. The third-order valence-corrected chi connectivity index (χ3v) is 6.63. The van der Waals surface area contributed by atoms with E-state index in [0.29, 0.717) is 13.2 Å². The summed E-state index contributed by atoms with van der Waals surface area (Å²) in [6.45, 7) is 11.4. The van der Waals surface area contributed by atoms with Crippen molar-refractivity contribution in [2.45, 2.75) is 38.3 Å². The summed E-state index contributed by atoms with van der Waals surface area (Å²) in [6, 6.07) is 30.0. The number of ether oxygens (including phenoxy) is 1. The van der Waals surface area contributed by atoms with Crippen LogP contribution in [-0.2, 0) is 5.41 Å². The number of piperazine rings is 1. The molecule has 1 aliphatic heterocycles. The van der Waals surface area contributed by atoms with Crippen molar-refractivity contribution < 1.29 is 9.84 Å². The molecule has 36 heavy (non-hydrogen) atoms. The molecule has 1 aliphatic rings. The molecule has 0 saturated carbocycles. The van der Waals surface area contributed by atoms with Gasteiger partial charge >= 0.3 is 0 Å². The smallest absolute Gasteiger partial charge is 0.119 e. The summed E-state index contributed by atoms with van der Waals surface area (Å²) in [5.74, 6) is 0.811. The van der Waals surface area contributed by atoms with Crippen molar-refractivity contribution in [1.82, 2.24) is 9.80 Å². The molecule has 1 N–H and O–H groups in total.